The van der Waals surface area contributed by atoms with E-state index in [-0.39, 0.29) is 39.2 Å². The van der Waals surface area contributed by atoms with E-state index >= 15 is 0 Å². The zero-order valence-corrected chi connectivity index (χ0v) is 32.8. The lowest BCUT2D eigenvalue weighted by molar-refractivity contribution is -0.140. The summed E-state index contributed by atoms with van der Waals surface area (Å²) in [4.78, 5) is 56.4. The molecule has 2 fully saturated rings. The molecule has 2 aliphatic heterocycles. The lowest BCUT2D eigenvalue weighted by Gasteiger charge is -2.35. The highest BCUT2D eigenvalue weighted by atomic mass is 32.1. The summed E-state index contributed by atoms with van der Waals surface area (Å²) in [5, 5.41) is 8.99. The first-order valence-electron chi connectivity index (χ1n) is 18.5. The molecule has 300 valence electrons. The topological polar surface area (TPSA) is 119 Å². The average molecular weight is 793 g/mol. The van der Waals surface area contributed by atoms with Crippen LogP contribution in [0, 0.1) is 0 Å². The molecule has 4 aromatic heterocycles. The first-order chi connectivity index (χ1) is 25.7. The van der Waals surface area contributed by atoms with Crippen LogP contribution in [0.15, 0.2) is 60.9 Å². The summed E-state index contributed by atoms with van der Waals surface area (Å²) >= 11 is 3.55. The second-order valence-corrected chi connectivity index (χ2v) is 15.8. The van der Waals surface area contributed by atoms with E-state index in [1.807, 2.05) is 22.2 Å². The maximum absolute atomic E-state index is 11.4. The van der Waals surface area contributed by atoms with Gasteiger partial charge >= 0.3 is 5.97 Å². The number of aliphatic hydroxyl groups is 1. The number of pyridine rings is 2. The van der Waals surface area contributed by atoms with E-state index in [9.17, 15) is 14.4 Å². The second kappa shape index (κ2) is 22.9. The van der Waals surface area contributed by atoms with Crippen molar-refractivity contribution in [3.05, 3.63) is 91.8 Å². The molecule has 0 saturated carbocycles. The van der Waals surface area contributed by atoms with Crippen molar-refractivity contribution in [2.75, 3.05) is 75.4 Å². The first-order valence-corrected chi connectivity index (χ1v) is 20.1. The Kier molecular flexibility index (Phi) is 18.8. The zero-order valence-electron chi connectivity index (χ0n) is 31.2. The quantitative estimate of drug-likeness (QED) is 0.160. The molecule has 0 aliphatic carbocycles. The van der Waals surface area contributed by atoms with Crippen LogP contribution in [0.25, 0.3) is 0 Å². The molecule has 1 N–H and O–H groups in total. The highest BCUT2D eigenvalue weighted by Crippen LogP contribution is 2.22. The number of esters is 1. The second-order valence-electron chi connectivity index (χ2n) is 13.3. The minimum atomic E-state index is -0.230. The third-order valence-corrected chi connectivity index (χ3v) is 11.9. The Morgan fingerprint density at radius 3 is 1.33 bits per heavy atom. The summed E-state index contributed by atoms with van der Waals surface area (Å²) in [6.07, 6.45) is 9.19. The van der Waals surface area contributed by atoms with Crippen LogP contribution in [0.4, 0.5) is 11.4 Å². The Labute approximate surface area is 336 Å². The number of carbonyl (C=O) groups is 3. The molecule has 2 aliphatic rings. The Morgan fingerprint density at radius 2 is 0.982 bits per heavy atom. The van der Waals surface area contributed by atoms with Gasteiger partial charge in [-0.3, -0.25) is 24.4 Å². The van der Waals surface area contributed by atoms with Crippen molar-refractivity contribution in [1.29, 1.82) is 0 Å². The lowest BCUT2D eigenvalue weighted by Crippen LogP contribution is -2.48. The molecule has 55 heavy (non-hydrogen) atoms. The van der Waals surface area contributed by atoms with Crippen molar-refractivity contribution < 1.29 is 24.2 Å². The fourth-order valence-corrected chi connectivity index (χ4v) is 8.36. The van der Waals surface area contributed by atoms with Gasteiger partial charge in [0.2, 0.25) is 11.8 Å². The molecular weight excluding hydrogens is 733 g/mol. The highest BCUT2D eigenvalue weighted by Gasteiger charge is 2.20. The maximum Gasteiger partial charge on any atom is 0.302 e. The number of ether oxygens (including phenoxy) is 1. The van der Waals surface area contributed by atoms with Crippen molar-refractivity contribution in [3.63, 3.8) is 0 Å². The van der Waals surface area contributed by atoms with Gasteiger partial charge < -0.3 is 29.4 Å². The number of hydrogen-bond acceptors (Lipinski definition) is 11. The number of carbonyl (C=O) groups excluding carboxylic acids is 3. The van der Waals surface area contributed by atoms with Gasteiger partial charge in [0.15, 0.2) is 0 Å². The summed E-state index contributed by atoms with van der Waals surface area (Å²) in [5.74, 6) is 0.0760. The van der Waals surface area contributed by atoms with Crippen molar-refractivity contribution in [2.24, 2.45) is 0 Å². The number of amides is 2. The number of thiophene rings is 2. The minimum Gasteiger partial charge on any atom is -0.465 e. The molecule has 0 atom stereocenters. The number of aryl methyl sites for hydroxylation is 4. The van der Waals surface area contributed by atoms with Crippen LogP contribution < -0.4 is 9.80 Å². The molecule has 13 heteroatoms. The predicted molar refractivity (Wildman–Crippen MR) is 225 cm³/mol. The molecule has 4 aromatic rings. The summed E-state index contributed by atoms with van der Waals surface area (Å²) < 4.78 is 5.00. The SMILES string of the molecule is C.C.CC(=O)N1CCN(c2ccc(CCc3ccc(CCO)s3)nc2)CC1.CC(=O)OCCc1ccc(CCc2ccc(N3CCN(C(C)=O)CC3)cn2)s1. The van der Waals surface area contributed by atoms with E-state index in [0.29, 0.717) is 6.61 Å². The molecule has 11 nitrogen and oxygen atoms in total. The number of rotatable bonds is 13. The van der Waals surface area contributed by atoms with E-state index < -0.39 is 0 Å². The normalized spacial score (nSPS) is 14.0. The van der Waals surface area contributed by atoms with Crippen molar-refractivity contribution >= 4 is 51.8 Å². The monoisotopic (exact) mass is 792 g/mol. The van der Waals surface area contributed by atoms with E-state index in [2.05, 4.69) is 68.3 Å². The van der Waals surface area contributed by atoms with Gasteiger partial charge in [-0.1, -0.05) is 14.9 Å². The van der Waals surface area contributed by atoms with Gasteiger partial charge in [0.05, 0.1) is 30.4 Å². The molecule has 6 rings (SSSR count). The third-order valence-electron chi connectivity index (χ3n) is 9.50. The van der Waals surface area contributed by atoms with Crippen LogP contribution in [0.3, 0.4) is 0 Å². The Hall–Kier alpha value is -4.33. The summed E-state index contributed by atoms with van der Waals surface area (Å²) in [6, 6.07) is 17.0. The fourth-order valence-electron chi connectivity index (χ4n) is 6.35. The van der Waals surface area contributed by atoms with Gasteiger partial charge in [0.1, 0.15) is 0 Å². The first kappa shape index (κ1) is 45.1. The molecule has 0 unspecified atom stereocenters. The minimum absolute atomic E-state index is 0. The van der Waals surface area contributed by atoms with E-state index in [0.717, 1.165) is 114 Å². The fraction of sp³-hybridized carbons (Fsp3) is 0.500. The van der Waals surface area contributed by atoms with Gasteiger partial charge in [0.25, 0.3) is 0 Å². The molecule has 0 radical (unpaired) electrons. The van der Waals surface area contributed by atoms with Crippen LogP contribution in [-0.2, 0) is 57.6 Å². The van der Waals surface area contributed by atoms with Gasteiger partial charge in [-0.05, 0) is 74.2 Å². The van der Waals surface area contributed by atoms with Crippen molar-refractivity contribution in [1.82, 2.24) is 19.8 Å². The number of aromatic nitrogens is 2. The molecule has 0 bridgehead atoms. The Bertz CT molecular complexity index is 1740. The average Bonchev–Trinajstić information content (AvgIpc) is 3.83. The van der Waals surface area contributed by atoms with Crippen LogP contribution in [-0.4, -0.2) is 108 Å². The number of nitrogens with zero attached hydrogens (tertiary/aromatic N) is 6. The van der Waals surface area contributed by atoms with E-state index in [4.69, 9.17) is 9.84 Å². The smallest absolute Gasteiger partial charge is 0.302 e. The lowest BCUT2D eigenvalue weighted by atomic mass is 10.2. The standard InChI is InChI=1S/C21H27N3O3S.C19H25N3O2S.2CH4/c1-16(25)23-10-12-24(13-11-23)19-5-3-18(22-15-19)4-6-20-7-8-21(28-20)9-14-27-17(2)26;1-15(24)21-9-11-22(12-10-21)17-4-2-16(20-14-17)3-5-18-6-7-19(25-18)8-13-23;;/h3,5,7-8,15H,4,6,9-14H2,1-2H3;2,4,6-7,14,23H,3,5,8-13H2,1H3;2*1H4. The van der Waals surface area contributed by atoms with Crippen LogP contribution in [0.5, 0.6) is 0 Å². The van der Waals surface area contributed by atoms with E-state index in [1.165, 1.54) is 26.4 Å². The molecule has 2 saturated heterocycles. The molecule has 6 heterocycles. The van der Waals surface area contributed by atoms with Gasteiger partial charge in [-0.2, -0.15) is 0 Å². The summed E-state index contributed by atoms with van der Waals surface area (Å²) in [6.45, 7) is 11.9. The number of hydrogen-bond donors (Lipinski definition) is 1. The number of aliphatic hydroxyl groups excluding tert-OH is 1. The number of anilines is 2. The van der Waals surface area contributed by atoms with Crippen molar-refractivity contribution in [2.45, 2.75) is 74.1 Å². The molecule has 0 aromatic carbocycles. The largest absolute Gasteiger partial charge is 0.465 e. The Balaban J connectivity index is 0.000000287. The maximum atomic E-state index is 11.4. The highest BCUT2D eigenvalue weighted by molar-refractivity contribution is 7.12. The Morgan fingerprint density at radius 1 is 0.582 bits per heavy atom. The van der Waals surface area contributed by atoms with E-state index in [1.54, 1.807) is 36.5 Å². The van der Waals surface area contributed by atoms with Crippen LogP contribution in [0.1, 0.15) is 66.5 Å². The predicted octanol–water partition coefficient (Wildman–Crippen LogP) is 6.11. The van der Waals surface area contributed by atoms with Gasteiger partial charge in [-0.25, -0.2) is 0 Å². The summed E-state index contributed by atoms with van der Waals surface area (Å²) in [7, 11) is 0. The molecular formula is C42H60N6O5S2. The van der Waals surface area contributed by atoms with Gasteiger partial charge in [0, 0.05) is 123 Å². The molecule has 2 amide bonds. The van der Waals surface area contributed by atoms with Gasteiger partial charge in [-0.15, -0.1) is 22.7 Å². The third kappa shape index (κ3) is 14.4. The zero-order chi connectivity index (χ0) is 37.6. The number of piperazine rings is 2. The van der Waals surface area contributed by atoms with Crippen LogP contribution in [0.2, 0.25) is 0 Å². The summed E-state index contributed by atoms with van der Waals surface area (Å²) in [5.41, 5.74) is 4.44. The molecule has 0 spiro atoms. The van der Waals surface area contributed by atoms with Crippen molar-refractivity contribution in [3.8, 4) is 0 Å². The van der Waals surface area contributed by atoms with Crippen LogP contribution >= 0.6 is 22.7 Å².